The van der Waals surface area contributed by atoms with E-state index in [9.17, 15) is 4.79 Å². The Balaban J connectivity index is 0. The van der Waals surface area contributed by atoms with Crippen molar-refractivity contribution >= 4 is 30.7 Å². The third kappa shape index (κ3) is 6.80. The molecule has 0 spiro atoms. The number of carbonyl (C=O) groups is 1. The van der Waals surface area contributed by atoms with Crippen LogP contribution in [0.3, 0.4) is 0 Å². The van der Waals surface area contributed by atoms with Crippen molar-refractivity contribution in [2.45, 2.75) is 32.7 Å². The van der Waals surface area contributed by atoms with E-state index >= 15 is 0 Å². The molecule has 0 aromatic heterocycles. The second-order valence-electron chi connectivity index (χ2n) is 5.76. The third-order valence-corrected chi connectivity index (χ3v) is 3.63. The lowest BCUT2D eigenvalue weighted by molar-refractivity contribution is -0.133. The molecule has 116 valence electrons. The highest BCUT2D eigenvalue weighted by Crippen LogP contribution is 2.16. The van der Waals surface area contributed by atoms with E-state index in [1.54, 1.807) is 0 Å². The van der Waals surface area contributed by atoms with Crippen molar-refractivity contribution in [2.24, 2.45) is 17.6 Å². The Hall–Kier alpha value is -0.0300. The van der Waals surface area contributed by atoms with Crippen LogP contribution >= 0.6 is 24.8 Å². The molecule has 4 nitrogen and oxygen atoms in total. The fraction of sp³-hybridized carbons (Fsp3) is 0.923. The van der Waals surface area contributed by atoms with Crippen molar-refractivity contribution < 1.29 is 4.79 Å². The molecule has 0 aromatic rings. The number of rotatable bonds is 4. The standard InChI is InChI=1S/C13H27N3O.2ClH/c1-10(2)12(14)13(17)16(4)9-11-6-5-7-15(3)8-11;;/h10-12H,5-9,14H2,1-4H3;2*1H/t11?,12-;;/m0../s1. The first kappa shape index (κ1) is 21.3. The van der Waals surface area contributed by atoms with Crippen LogP contribution in [0.5, 0.6) is 0 Å². The summed E-state index contributed by atoms with van der Waals surface area (Å²) in [5.74, 6) is 0.884. The molecule has 1 fully saturated rings. The first-order valence-electron chi connectivity index (χ1n) is 6.61. The minimum Gasteiger partial charge on any atom is -0.344 e. The highest BCUT2D eigenvalue weighted by molar-refractivity contribution is 5.85. The van der Waals surface area contributed by atoms with Gasteiger partial charge in [-0.05, 0) is 38.3 Å². The van der Waals surface area contributed by atoms with Crippen molar-refractivity contribution in [3.8, 4) is 0 Å². The number of nitrogens with zero attached hydrogens (tertiary/aromatic N) is 2. The first-order chi connectivity index (χ1) is 7.91. The van der Waals surface area contributed by atoms with E-state index in [2.05, 4.69) is 11.9 Å². The van der Waals surface area contributed by atoms with Crippen LogP contribution in [0.1, 0.15) is 26.7 Å². The number of nitrogens with two attached hydrogens (primary N) is 1. The van der Waals surface area contributed by atoms with Gasteiger partial charge in [-0.1, -0.05) is 13.8 Å². The molecular formula is C13H29Cl2N3O. The Morgan fingerprint density at radius 1 is 1.42 bits per heavy atom. The Kier molecular flexibility index (Phi) is 11.0. The Labute approximate surface area is 129 Å². The zero-order chi connectivity index (χ0) is 13.0. The monoisotopic (exact) mass is 313 g/mol. The number of carbonyl (C=O) groups excluding carboxylic acids is 1. The lowest BCUT2D eigenvalue weighted by Gasteiger charge is -2.33. The van der Waals surface area contributed by atoms with Gasteiger partial charge in [0.2, 0.25) is 5.91 Å². The minimum atomic E-state index is -0.360. The van der Waals surface area contributed by atoms with Gasteiger partial charge in [-0.25, -0.2) is 0 Å². The van der Waals surface area contributed by atoms with Crippen LogP contribution in [0.25, 0.3) is 0 Å². The van der Waals surface area contributed by atoms with Crippen molar-refractivity contribution in [3.63, 3.8) is 0 Å². The molecule has 1 saturated heterocycles. The van der Waals surface area contributed by atoms with Gasteiger partial charge in [0, 0.05) is 20.1 Å². The molecule has 2 atom stereocenters. The molecule has 1 aliphatic rings. The van der Waals surface area contributed by atoms with E-state index in [-0.39, 0.29) is 42.7 Å². The fourth-order valence-electron chi connectivity index (χ4n) is 2.44. The Morgan fingerprint density at radius 2 is 2.00 bits per heavy atom. The number of hydrogen-bond acceptors (Lipinski definition) is 3. The minimum absolute atomic E-state index is 0. The summed E-state index contributed by atoms with van der Waals surface area (Å²) in [6, 6.07) is -0.360. The molecule has 0 saturated carbocycles. The molecule has 0 aromatic carbocycles. The van der Waals surface area contributed by atoms with Gasteiger partial charge in [-0.3, -0.25) is 4.79 Å². The number of hydrogen-bond donors (Lipinski definition) is 1. The molecule has 1 rings (SSSR count). The summed E-state index contributed by atoms with van der Waals surface area (Å²) in [6.07, 6.45) is 2.46. The summed E-state index contributed by atoms with van der Waals surface area (Å²) in [6.45, 7) is 7.09. The van der Waals surface area contributed by atoms with Crippen LogP contribution in [0.15, 0.2) is 0 Å². The molecule has 2 N–H and O–H groups in total. The zero-order valence-corrected chi connectivity index (χ0v) is 14.1. The number of amides is 1. The first-order valence-corrected chi connectivity index (χ1v) is 6.61. The van der Waals surface area contributed by atoms with Crippen molar-refractivity contribution in [3.05, 3.63) is 0 Å². The Bertz CT molecular complexity index is 264. The van der Waals surface area contributed by atoms with E-state index in [1.807, 2.05) is 25.8 Å². The summed E-state index contributed by atoms with van der Waals surface area (Å²) >= 11 is 0. The van der Waals surface area contributed by atoms with Gasteiger partial charge in [0.1, 0.15) is 0 Å². The number of likely N-dealkylation sites (tertiary alicyclic amines) is 1. The summed E-state index contributed by atoms with van der Waals surface area (Å²) in [5, 5.41) is 0. The predicted octanol–water partition coefficient (Wildman–Crippen LogP) is 1.61. The van der Waals surface area contributed by atoms with Crippen LogP contribution < -0.4 is 5.73 Å². The lowest BCUT2D eigenvalue weighted by Crippen LogP contribution is -2.47. The number of likely N-dealkylation sites (N-methyl/N-ethyl adjacent to an activating group) is 1. The largest absolute Gasteiger partial charge is 0.344 e. The second-order valence-corrected chi connectivity index (χ2v) is 5.76. The zero-order valence-electron chi connectivity index (χ0n) is 12.5. The van der Waals surface area contributed by atoms with Gasteiger partial charge in [0.05, 0.1) is 6.04 Å². The molecule has 0 radical (unpaired) electrons. The summed E-state index contributed by atoms with van der Waals surface area (Å²) in [4.78, 5) is 16.2. The van der Waals surface area contributed by atoms with E-state index < -0.39 is 0 Å². The molecule has 1 amide bonds. The predicted molar refractivity (Wildman–Crippen MR) is 85.2 cm³/mol. The van der Waals surface area contributed by atoms with E-state index in [0.29, 0.717) is 5.92 Å². The quantitative estimate of drug-likeness (QED) is 0.858. The van der Waals surface area contributed by atoms with Gasteiger partial charge in [-0.2, -0.15) is 0 Å². The van der Waals surface area contributed by atoms with E-state index in [0.717, 1.165) is 13.1 Å². The Morgan fingerprint density at radius 3 is 2.47 bits per heavy atom. The number of piperidine rings is 1. The van der Waals surface area contributed by atoms with Crippen LogP contribution in [0.4, 0.5) is 0 Å². The molecular weight excluding hydrogens is 285 g/mol. The average Bonchev–Trinajstić information content (AvgIpc) is 2.26. The maximum Gasteiger partial charge on any atom is 0.239 e. The SMILES string of the molecule is CC(C)[C@H](N)C(=O)N(C)CC1CCCN(C)C1.Cl.Cl. The molecule has 6 heteroatoms. The van der Waals surface area contributed by atoms with Gasteiger partial charge in [0.25, 0.3) is 0 Å². The smallest absolute Gasteiger partial charge is 0.239 e. The molecule has 19 heavy (non-hydrogen) atoms. The van der Waals surface area contributed by atoms with Crippen molar-refractivity contribution in [2.75, 3.05) is 33.7 Å². The van der Waals surface area contributed by atoms with Crippen LogP contribution in [-0.4, -0.2) is 55.5 Å². The van der Waals surface area contributed by atoms with Crippen molar-refractivity contribution in [1.82, 2.24) is 9.80 Å². The molecule has 1 aliphatic heterocycles. The van der Waals surface area contributed by atoms with Crippen molar-refractivity contribution in [1.29, 1.82) is 0 Å². The van der Waals surface area contributed by atoms with E-state index in [1.165, 1.54) is 19.4 Å². The topological polar surface area (TPSA) is 49.6 Å². The average molecular weight is 314 g/mol. The van der Waals surface area contributed by atoms with Crippen LogP contribution in [-0.2, 0) is 4.79 Å². The second kappa shape index (κ2) is 9.81. The van der Waals surface area contributed by atoms with E-state index in [4.69, 9.17) is 5.73 Å². The normalized spacial score (nSPS) is 21.3. The molecule has 1 unspecified atom stereocenters. The van der Waals surface area contributed by atoms with Gasteiger partial charge >= 0.3 is 0 Å². The maximum absolute atomic E-state index is 12.0. The van der Waals surface area contributed by atoms with Crippen LogP contribution in [0, 0.1) is 11.8 Å². The number of halogens is 2. The highest BCUT2D eigenvalue weighted by atomic mass is 35.5. The van der Waals surface area contributed by atoms with Gasteiger partial charge in [-0.15, -0.1) is 24.8 Å². The van der Waals surface area contributed by atoms with Crippen LogP contribution in [0.2, 0.25) is 0 Å². The summed E-state index contributed by atoms with van der Waals surface area (Å²) < 4.78 is 0. The summed E-state index contributed by atoms with van der Waals surface area (Å²) in [7, 11) is 4.02. The van der Waals surface area contributed by atoms with Gasteiger partial charge in [0.15, 0.2) is 0 Å². The molecule has 1 heterocycles. The fourth-order valence-corrected chi connectivity index (χ4v) is 2.44. The molecule has 0 aliphatic carbocycles. The highest BCUT2D eigenvalue weighted by Gasteiger charge is 2.24. The lowest BCUT2D eigenvalue weighted by atomic mass is 9.97. The third-order valence-electron chi connectivity index (χ3n) is 3.63. The van der Waals surface area contributed by atoms with Gasteiger partial charge < -0.3 is 15.5 Å². The maximum atomic E-state index is 12.0. The molecule has 0 bridgehead atoms. The summed E-state index contributed by atoms with van der Waals surface area (Å²) in [5.41, 5.74) is 5.89.